The van der Waals surface area contributed by atoms with Gasteiger partial charge in [0.2, 0.25) is 0 Å². The Morgan fingerprint density at radius 2 is 2.25 bits per heavy atom. The molecule has 0 aromatic heterocycles. The second-order valence-electron chi connectivity index (χ2n) is 5.22. The Morgan fingerprint density at radius 3 is 2.80 bits per heavy atom. The van der Waals surface area contributed by atoms with Crippen LogP contribution in [0.2, 0.25) is 0 Å². The summed E-state index contributed by atoms with van der Waals surface area (Å²) in [6.45, 7) is 3.21. The van der Waals surface area contributed by atoms with Crippen LogP contribution in [0.25, 0.3) is 0 Å². The number of rotatable bonds is 5. The minimum atomic E-state index is -0.768. The molecule has 0 bridgehead atoms. The molecule has 1 saturated heterocycles. The smallest absolute Gasteiger partial charge is 0.324 e. The molecule has 20 heavy (non-hydrogen) atoms. The van der Waals surface area contributed by atoms with Gasteiger partial charge in [0.1, 0.15) is 5.54 Å². The van der Waals surface area contributed by atoms with Gasteiger partial charge in [-0.25, -0.2) is 0 Å². The molecule has 1 aromatic rings. The fourth-order valence-corrected chi connectivity index (χ4v) is 3.01. The van der Waals surface area contributed by atoms with Gasteiger partial charge in [-0.1, -0.05) is 13.0 Å². The molecule has 5 nitrogen and oxygen atoms in total. The summed E-state index contributed by atoms with van der Waals surface area (Å²) in [4.78, 5) is 13.6. The zero-order chi connectivity index (χ0) is 14.8. The molecule has 0 amide bonds. The minimum absolute atomic E-state index is 0.0848. The second-order valence-corrected chi connectivity index (χ2v) is 5.22. The number of carbonyl (C=O) groups is 1. The van der Waals surface area contributed by atoms with Crippen LogP contribution in [-0.2, 0) is 11.3 Å². The van der Waals surface area contributed by atoms with E-state index in [-0.39, 0.29) is 5.75 Å². The minimum Gasteiger partial charge on any atom is -0.504 e. The first-order valence-electron chi connectivity index (χ1n) is 6.88. The summed E-state index contributed by atoms with van der Waals surface area (Å²) in [6.07, 6.45) is 2.16. The van der Waals surface area contributed by atoms with Crippen molar-refractivity contribution >= 4 is 5.97 Å². The third-order valence-corrected chi connectivity index (χ3v) is 4.22. The van der Waals surface area contributed by atoms with E-state index in [1.54, 1.807) is 12.1 Å². The molecular formula is C15H21NO4. The molecule has 0 spiro atoms. The summed E-state index contributed by atoms with van der Waals surface area (Å²) >= 11 is 0. The molecule has 0 radical (unpaired) electrons. The highest BCUT2D eigenvalue weighted by molar-refractivity contribution is 5.79. The number of nitrogens with zero attached hydrogens (tertiary/aromatic N) is 1. The normalized spacial score (nSPS) is 22.9. The largest absolute Gasteiger partial charge is 0.504 e. The average Bonchev–Trinajstić information content (AvgIpc) is 2.83. The van der Waals surface area contributed by atoms with E-state index in [1.165, 1.54) is 7.11 Å². The van der Waals surface area contributed by atoms with E-state index < -0.39 is 11.5 Å². The number of hydrogen-bond donors (Lipinski definition) is 2. The number of methoxy groups -OCH3 is 1. The van der Waals surface area contributed by atoms with Crippen LogP contribution < -0.4 is 4.74 Å². The maximum Gasteiger partial charge on any atom is 0.324 e. The van der Waals surface area contributed by atoms with Crippen molar-refractivity contribution in [2.24, 2.45) is 0 Å². The first-order valence-corrected chi connectivity index (χ1v) is 6.88. The van der Waals surface area contributed by atoms with E-state index in [4.69, 9.17) is 4.74 Å². The van der Waals surface area contributed by atoms with Gasteiger partial charge in [0.05, 0.1) is 7.11 Å². The van der Waals surface area contributed by atoms with Crippen molar-refractivity contribution in [2.45, 2.75) is 38.3 Å². The van der Waals surface area contributed by atoms with Gasteiger partial charge < -0.3 is 14.9 Å². The first-order chi connectivity index (χ1) is 9.53. The number of carboxylic acid groups (broad SMARTS) is 1. The highest BCUT2D eigenvalue weighted by Gasteiger charge is 2.45. The highest BCUT2D eigenvalue weighted by Crippen LogP contribution is 2.35. The van der Waals surface area contributed by atoms with Crippen LogP contribution in [0.15, 0.2) is 18.2 Å². The van der Waals surface area contributed by atoms with Gasteiger partial charge in [0.25, 0.3) is 0 Å². The Bertz CT molecular complexity index is 503. The molecule has 1 aromatic carbocycles. The fourth-order valence-electron chi connectivity index (χ4n) is 3.01. The molecule has 0 saturated carbocycles. The zero-order valence-corrected chi connectivity index (χ0v) is 11.9. The van der Waals surface area contributed by atoms with Gasteiger partial charge in [-0.3, -0.25) is 9.69 Å². The lowest BCUT2D eigenvalue weighted by atomic mass is 9.92. The van der Waals surface area contributed by atoms with Crippen molar-refractivity contribution in [3.05, 3.63) is 23.8 Å². The Morgan fingerprint density at radius 1 is 1.50 bits per heavy atom. The predicted octanol–water partition coefficient (Wildman–Crippen LogP) is 2.23. The Labute approximate surface area is 118 Å². The predicted molar refractivity (Wildman–Crippen MR) is 75.0 cm³/mol. The number of likely N-dealkylation sites (tertiary alicyclic amines) is 1. The number of phenols is 1. The average molecular weight is 279 g/mol. The van der Waals surface area contributed by atoms with Gasteiger partial charge in [0, 0.05) is 6.54 Å². The maximum atomic E-state index is 11.6. The second kappa shape index (κ2) is 5.71. The number of phenolic OH excluding ortho intramolecular Hbond substituents is 1. The van der Waals surface area contributed by atoms with Crippen molar-refractivity contribution in [1.29, 1.82) is 0 Å². The molecule has 1 heterocycles. The Balaban J connectivity index is 2.20. The molecule has 2 rings (SSSR count). The fraction of sp³-hybridized carbons (Fsp3) is 0.533. The SMILES string of the molecule is CCC1(C(=O)O)CCCN1Cc1ccc(OC)c(O)c1. The van der Waals surface area contributed by atoms with E-state index in [0.29, 0.717) is 25.1 Å². The highest BCUT2D eigenvalue weighted by atomic mass is 16.5. The van der Waals surface area contributed by atoms with Crippen molar-refractivity contribution in [2.75, 3.05) is 13.7 Å². The van der Waals surface area contributed by atoms with E-state index in [0.717, 1.165) is 18.5 Å². The number of aliphatic carboxylic acids is 1. The lowest BCUT2D eigenvalue weighted by Gasteiger charge is -2.34. The van der Waals surface area contributed by atoms with E-state index in [1.807, 2.05) is 17.9 Å². The lowest BCUT2D eigenvalue weighted by molar-refractivity contribution is -0.150. The van der Waals surface area contributed by atoms with Crippen molar-refractivity contribution in [1.82, 2.24) is 4.90 Å². The van der Waals surface area contributed by atoms with Crippen LogP contribution in [0.1, 0.15) is 31.7 Å². The van der Waals surface area contributed by atoms with Gasteiger partial charge in [-0.15, -0.1) is 0 Å². The van der Waals surface area contributed by atoms with Gasteiger partial charge in [-0.2, -0.15) is 0 Å². The number of aromatic hydroxyl groups is 1. The molecule has 5 heteroatoms. The maximum absolute atomic E-state index is 11.6. The quantitative estimate of drug-likeness (QED) is 0.865. The molecule has 2 N–H and O–H groups in total. The molecular weight excluding hydrogens is 258 g/mol. The standard InChI is InChI=1S/C15H21NO4/c1-3-15(14(18)19)7-4-8-16(15)10-11-5-6-13(20-2)12(17)9-11/h5-6,9,17H,3-4,7-8,10H2,1-2H3,(H,18,19). The monoisotopic (exact) mass is 279 g/mol. The third kappa shape index (κ3) is 2.45. The molecule has 110 valence electrons. The number of ether oxygens (including phenoxy) is 1. The number of benzene rings is 1. The van der Waals surface area contributed by atoms with E-state index in [2.05, 4.69) is 0 Å². The number of carboxylic acids is 1. The van der Waals surface area contributed by atoms with Crippen LogP contribution in [0.4, 0.5) is 0 Å². The van der Waals surface area contributed by atoms with Gasteiger partial charge in [0.15, 0.2) is 11.5 Å². The summed E-state index contributed by atoms with van der Waals surface area (Å²) in [7, 11) is 1.50. The number of hydrogen-bond acceptors (Lipinski definition) is 4. The van der Waals surface area contributed by atoms with E-state index >= 15 is 0 Å². The van der Waals surface area contributed by atoms with Crippen molar-refractivity contribution in [3.63, 3.8) is 0 Å². The molecule has 1 aliphatic rings. The third-order valence-electron chi connectivity index (χ3n) is 4.22. The van der Waals surface area contributed by atoms with Crippen LogP contribution in [0.3, 0.4) is 0 Å². The van der Waals surface area contributed by atoms with Crippen LogP contribution >= 0.6 is 0 Å². The topological polar surface area (TPSA) is 70.0 Å². The molecule has 0 aliphatic carbocycles. The Kier molecular flexibility index (Phi) is 4.18. The summed E-state index contributed by atoms with van der Waals surface area (Å²) in [5.74, 6) is -0.244. The molecule has 1 atom stereocenters. The van der Waals surface area contributed by atoms with Gasteiger partial charge in [-0.05, 0) is 43.5 Å². The molecule has 1 fully saturated rings. The summed E-state index contributed by atoms with van der Waals surface area (Å²) in [5, 5.41) is 19.3. The summed E-state index contributed by atoms with van der Waals surface area (Å²) in [6, 6.07) is 5.20. The van der Waals surface area contributed by atoms with E-state index in [9.17, 15) is 15.0 Å². The van der Waals surface area contributed by atoms with Crippen molar-refractivity contribution < 1.29 is 19.7 Å². The van der Waals surface area contributed by atoms with Crippen molar-refractivity contribution in [3.8, 4) is 11.5 Å². The van der Waals surface area contributed by atoms with Crippen LogP contribution in [0.5, 0.6) is 11.5 Å². The summed E-state index contributed by atoms with van der Waals surface area (Å²) in [5.41, 5.74) is 0.125. The van der Waals surface area contributed by atoms with Crippen LogP contribution in [-0.4, -0.2) is 40.3 Å². The van der Waals surface area contributed by atoms with Crippen LogP contribution in [0, 0.1) is 0 Å². The Hall–Kier alpha value is -1.75. The molecule has 1 aliphatic heterocycles. The first kappa shape index (κ1) is 14.7. The van der Waals surface area contributed by atoms with Gasteiger partial charge >= 0.3 is 5.97 Å². The lowest BCUT2D eigenvalue weighted by Crippen LogP contribution is -2.49. The zero-order valence-electron chi connectivity index (χ0n) is 11.9. The molecule has 1 unspecified atom stereocenters. The summed E-state index contributed by atoms with van der Waals surface area (Å²) < 4.78 is 5.01.